The number of carbonyl (C=O) groups is 1. The molecule has 17 heavy (non-hydrogen) atoms. The molecule has 1 amide bonds. The van der Waals surface area contributed by atoms with Gasteiger partial charge < -0.3 is 10.0 Å². The first-order chi connectivity index (χ1) is 7.75. The summed E-state index contributed by atoms with van der Waals surface area (Å²) in [5, 5.41) is 9.67. The van der Waals surface area contributed by atoms with Gasteiger partial charge >= 0.3 is 0 Å². The highest BCUT2D eigenvalue weighted by Crippen LogP contribution is 2.26. The fraction of sp³-hybridized carbons (Fsp3) is 0.500. The van der Waals surface area contributed by atoms with Crippen molar-refractivity contribution >= 4 is 5.91 Å². The van der Waals surface area contributed by atoms with E-state index in [0.717, 1.165) is 0 Å². The number of phenols is 1. The number of phenolic OH excluding ortho intramolecular Hbond substituents is 1. The Kier molecular flexibility index (Phi) is 3.81. The van der Waals surface area contributed by atoms with Gasteiger partial charge in [-0.25, -0.2) is 0 Å². The van der Waals surface area contributed by atoms with Crippen LogP contribution in [0.15, 0.2) is 24.3 Å². The molecule has 0 fully saturated rings. The molecule has 3 nitrogen and oxygen atoms in total. The number of benzene rings is 1. The molecule has 94 valence electrons. The van der Waals surface area contributed by atoms with E-state index in [2.05, 4.69) is 20.8 Å². The van der Waals surface area contributed by atoms with Gasteiger partial charge in [0.25, 0.3) is 5.91 Å². The Labute approximate surface area is 103 Å². The smallest absolute Gasteiger partial charge is 0.257 e. The molecular formula is C14H21NO2. The lowest BCUT2D eigenvalue weighted by molar-refractivity contribution is 0.0626. The zero-order valence-corrected chi connectivity index (χ0v) is 11.2. The fourth-order valence-corrected chi connectivity index (χ4v) is 1.60. The molecule has 1 aromatic rings. The van der Waals surface area contributed by atoms with Gasteiger partial charge in [-0.3, -0.25) is 4.79 Å². The van der Waals surface area contributed by atoms with E-state index in [1.807, 2.05) is 6.92 Å². The zero-order valence-electron chi connectivity index (χ0n) is 11.2. The molecule has 0 aliphatic carbocycles. The molecule has 0 heterocycles. The maximum absolute atomic E-state index is 12.2. The standard InChI is InChI=1S/C14H21NO2/c1-10(14(2,3)4)15(5)13(17)11-8-6-7-9-12(11)16/h6-10,16H,1-5H3. The summed E-state index contributed by atoms with van der Waals surface area (Å²) in [6.07, 6.45) is 0. The fourth-order valence-electron chi connectivity index (χ4n) is 1.60. The lowest BCUT2D eigenvalue weighted by Crippen LogP contribution is -2.42. The summed E-state index contributed by atoms with van der Waals surface area (Å²) in [5.74, 6) is -0.115. The van der Waals surface area contributed by atoms with Crippen LogP contribution in [0.3, 0.4) is 0 Å². The summed E-state index contributed by atoms with van der Waals surface area (Å²) in [6, 6.07) is 6.73. The molecule has 0 bridgehead atoms. The van der Waals surface area contributed by atoms with Crippen LogP contribution >= 0.6 is 0 Å². The predicted molar refractivity (Wildman–Crippen MR) is 69.1 cm³/mol. The van der Waals surface area contributed by atoms with Crippen LogP contribution < -0.4 is 0 Å². The van der Waals surface area contributed by atoms with E-state index in [9.17, 15) is 9.90 Å². The van der Waals surface area contributed by atoms with Crippen LogP contribution in [0.2, 0.25) is 0 Å². The monoisotopic (exact) mass is 235 g/mol. The molecule has 0 saturated carbocycles. The molecule has 0 aliphatic heterocycles. The molecule has 0 saturated heterocycles. The second-order valence-corrected chi connectivity index (χ2v) is 5.48. The Bertz CT molecular complexity index is 407. The van der Waals surface area contributed by atoms with Crippen molar-refractivity contribution in [1.29, 1.82) is 0 Å². The minimum Gasteiger partial charge on any atom is -0.507 e. The van der Waals surface area contributed by atoms with Crippen molar-refractivity contribution in [3.8, 4) is 5.75 Å². The van der Waals surface area contributed by atoms with E-state index in [1.165, 1.54) is 6.07 Å². The van der Waals surface area contributed by atoms with Crippen LogP contribution in [-0.2, 0) is 0 Å². The number of para-hydroxylation sites is 1. The molecule has 0 aromatic heterocycles. The van der Waals surface area contributed by atoms with Crippen LogP contribution in [0.25, 0.3) is 0 Å². The SMILES string of the molecule is CC(N(C)C(=O)c1ccccc1O)C(C)(C)C. The van der Waals surface area contributed by atoms with Gasteiger partial charge in [0.05, 0.1) is 5.56 Å². The molecule has 1 atom stereocenters. The molecule has 1 unspecified atom stereocenters. The first-order valence-corrected chi connectivity index (χ1v) is 5.80. The predicted octanol–water partition coefficient (Wildman–Crippen LogP) is 2.90. The third kappa shape index (κ3) is 2.99. The largest absolute Gasteiger partial charge is 0.507 e. The lowest BCUT2D eigenvalue weighted by atomic mass is 9.87. The first-order valence-electron chi connectivity index (χ1n) is 5.80. The normalized spacial score (nSPS) is 13.2. The lowest BCUT2D eigenvalue weighted by Gasteiger charge is -2.35. The van der Waals surface area contributed by atoms with E-state index < -0.39 is 0 Å². The first kappa shape index (κ1) is 13.6. The van der Waals surface area contributed by atoms with E-state index in [-0.39, 0.29) is 23.1 Å². The number of rotatable bonds is 2. The Morgan fingerprint density at radius 2 is 1.82 bits per heavy atom. The van der Waals surface area contributed by atoms with Gasteiger partial charge in [0.2, 0.25) is 0 Å². The van der Waals surface area contributed by atoms with Crippen molar-refractivity contribution in [2.75, 3.05) is 7.05 Å². The summed E-state index contributed by atoms with van der Waals surface area (Å²) in [7, 11) is 1.77. The average molecular weight is 235 g/mol. The third-order valence-corrected chi connectivity index (χ3v) is 3.29. The number of nitrogens with zero attached hydrogens (tertiary/aromatic N) is 1. The molecule has 0 radical (unpaired) electrons. The molecule has 0 spiro atoms. The average Bonchev–Trinajstić information content (AvgIpc) is 2.25. The summed E-state index contributed by atoms with van der Waals surface area (Å²) in [4.78, 5) is 13.9. The van der Waals surface area contributed by atoms with Gasteiger partial charge in [0.15, 0.2) is 0 Å². The van der Waals surface area contributed by atoms with Crippen LogP contribution in [0.4, 0.5) is 0 Å². The number of aromatic hydroxyl groups is 1. The van der Waals surface area contributed by atoms with Crippen LogP contribution in [0.5, 0.6) is 5.75 Å². The van der Waals surface area contributed by atoms with Gasteiger partial charge in [0, 0.05) is 13.1 Å². The van der Waals surface area contributed by atoms with Gasteiger partial charge in [-0.05, 0) is 24.5 Å². The molecule has 1 N–H and O–H groups in total. The number of carbonyl (C=O) groups excluding carboxylic acids is 1. The zero-order chi connectivity index (χ0) is 13.2. The van der Waals surface area contributed by atoms with E-state index in [1.54, 1.807) is 30.1 Å². The van der Waals surface area contributed by atoms with Gasteiger partial charge in [-0.15, -0.1) is 0 Å². The Balaban J connectivity index is 2.95. The Hall–Kier alpha value is -1.51. The third-order valence-electron chi connectivity index (χ3n) is 3.29. The highest BCUT2D eigenvalue weighted by molar-refractivity contribution is 5.96. The highest BCUT2D eigenvalue weighted by Gasteiger charge is 2.28. The van der Waals surface area contributed by atoms with Crippen LogP contribution in [0.1, 0.15) is 38.1 Å². The Morgan fingerprint density at radius 3 is 2.29 bits per heavy atom. The van der Waals surface area contributed by atoms with E-state index >= 15 is 0 Å². The van der Waals surface area contributed by atoms with Crippen LogP contribution in [0, 0.1) is 5.41 Å². The molecule has 1 rings (SSSR count). The van der Waals surface area contributed by atoms with Crippen molar-refractivity contribution in [1.82, 2.24) is 4.90 Å². The molecule has 0 aliphatic rings. The number of hydrogen-bond donors (Lipinski definition) is 1. The highest BCUT2D eigenvalue weighted by atomic mass is 16.3. The second kappa shape index (κ2) is 4.78. The van der Waals surface area contributed by atoms with Gasteiger partial charge in [-0.1, -0.05) is 32.9 Å². The topological polar surface area (TPSA) is 40.5 Å². The summed E-state index contributed by atoms with van der Waals surface area (Å²) >= 11 is 0. The van der Waals surface area contributed by atoms with Gasteiger partial charge in [-0.2, -0.15) is 0 Å². The maximum Gasteiger partial charge on any atom is 0.257 e. The minimum atomic E-state index is -0.148. The summed E-state index contributed by atoms with van der Waals surface area (Å²) in [6.45, 7) is 8.28. The maximum atomic E-state index is 12.2. The van der Waals surface area contributed by atoms with Crippen LogP contribution in [-0.4, -0.2) is 29.0 Å². The molecule has 3 heteroatoms. The van der Waals surface area contributed by atoms with E-state index in [0.29, 0.717) is 5.56 Å². The second-order valence-electron chi connectivity index (χ2n) is 5.48. The van der Waals surface area contributed by atoms with E-state index in [4.69, 9.17) is 0 Å². The van der Waals surface area contributed by atoms with Crippen molar-refractivity contribution in [2.45, 2.75) is 33.7 Å². The minimum absolute atomic E-state index is 0.00874. The molecular weight excluding hydrogens is 214 g/mol. The summed E-state index contributed by atoms with van der Waals surface area (Å²) in [5.41, 5.74) is 0.362. The number of amides is 1. The number of hydrogen-bond acceptors (Lipinski definition) is 2. The quantitative estimate of drug-likeness (QED) is 0.856. The van der Waals surface area contributed by atoms with Crippen molar-refractivity contribution in [3.63, 3.8) is 0 Å². The summed E-state index contributed by atoms with van der Waals surface area (Å²) < 4.78 is 0. The van der Waals surface area contributed by atoms with Gasteiger partial charge in [0.1, 0.15) is 5.75 Å². The van der Waals surface area contributed by atoms with Crippen molar-refractivity contribution in [2.24, 2.45) is 5.41 Å². The van der Waals surface area contributed by atoms with Crippen molar-refractivity contribution in [3.05, 3.63) is 29.8 Å². The Morgan fingerprint density at radius 1 is 1.29 bits per heavy atom. The van der Waals surface area contributed by atoms with Crippen molar-refractivity contribution < 1.29 is 9.90 Å². The molecule has 1 aromatic carbocycles.